The second kappa shape index (κ2) is 23.1. The molecule has 2 aliphatic rings. The second-order valence-electron chi connectivity index (χ2n) is 12.2. The van der Waals surface area contributed by atoms with E-state index in [0.29, 0.717) is 59.5 Å². The molecule has 11 nitrogen and oxygen atoms in total. The Labute approximate surface area is 302 Å². The van der Waals surface area contributed by atoms with Gasteiger partial charge in [-0.2, -0.15) is 0 Å². The zero-order valence-electron chi connectivity index (χ0n) is 29.7. The van der Waals surface area contributed by atoms with Gasteiger partial charge in [0.2, 0.25) is 0 Å². The van der Waals surface area contributed by atoms with Crippen LogP contribution in [-0.4, -0.2) is 162 Å². The first-order valence-electron chi connectivity index (χ1n) is 17.2. The van der Waals surface area contributed by atoms with Gasteiger partial charge in [0.25, 0.3) is 0 Å². The average molecular weight is 726 g/mol. The van der Waals surface area contributed by atoms with Gasteiger partial charge in [-0.25, -0.2) is 0 Å². The van der Waals surface area contributed by atoms with E-state index in [1.807, 2.05) is 17.8 Å². The lowest BCUT2D eigenvalue weighted by Crippen LogP contribution is -2.47. The topological polar surface area (TPSA) is 83.6 Å². The fourth-order valence-corrected chi connectivity index (χ4v) is 7.00. The van der Waals surface area contributed by atoms with E-state index in [0.717, 1.165) is 57.3 Å². The normalized spacial score (nSPS) is 17.1. The van der Waals surface area contributed by atoms with Crippen molar-refractivity contribution in [1.82, 2.24) is 9.80 Å². The summed E-state index contributed by atoms with van der Waals surface area (Å²) in [7, 11) is 6.58. The first kappa shape index (κ1) is 40.3. The number of nitrogens with zero attached hydrogens (tertiary/aromatic N) is 3. The summed E-state index contributed by atoms with van der Waals surface area (Å²) in [5.74, 6) is 0. The number of benzene rings is 2. The zero-order valence-corrected chi connectivity index (χ0v) is 31.3. The Morgan fingerprint density at radius 3 is 1.84 bits per heavy atom. The SMILES string of the molecule is COCC(COCC(COCC(COCCOCCN1CCN(CCCN2c3ccccc3Sc3ccc(Cl)cc32)CC1)OC)OC)OC. The Bertz CT molecular complexity index is 1190. The van der Waals surface area contributed by atoms with Gasteiger partial charge in [0.05, 0.1) is 70.8 Å². The number of piperazine rings is 1. The van der Waals surface area contributed by atoms with Crippen molar-refractivity contribution in [2.45, 2.75) is 34.5 Å². The average Bonchev–Trinajstić information content (AvgIpc) is 3.13. The molecule has 0 spiro atoms. The van der Waals surface area contributed by atoms with Gasteiger partial charge in [-0.15, -0.1) is 0 Å². The standard InChI is InChI=1S/C36H56ClN3O8S/c1-41-23-30(42-2)25-47-27-32(44-4)28-48-26-31(43-3)24-46-21-20-45-19-18-39-16-14-38(15-17-39)12-7-13-40-33-8-5-6-9-35(33)49-36-11-10-29(37)22-34(36)40/h5-6,8-11,22,30-32H,7,12-21,23-28H2,1-4H3. The number of rotatable bonds is 25. The van der Waals surface area contributed by atoms with E-state index in [-0.39, 0.29) is 18.3 Å². The summed E-state index contributed by atoms with van der Waals surface area (Å²) in [6, 6.07) is 14.9. The van der Waals surface area contributed by atoms with E-state index in [1.165, 1.54) is 21.2 Å². The summed E-state index contributed by atoms with van der Waals surface area (Å²) in [4.78, 5) is 10.1. The maximum Gasteiger partial charge on any atom is 0.104 e. The summed E-state index contributed by atoms with van der Waals surface area (Å²) < 4.78 is 44.5. The number of hydrogen-bond donors (Lipinski definition) is 0. The molecule has 0 amide bonds. The van der Waals surface area contributed by atoms with Gasteiger partial charge in [0, 0.05) is 82.5 Å². The van der Waals surface area contributed by atoms with Gasteiger partial charge >= 0.3 is 0 Å². The Hall–Kier alpha value is -1.52. The van der Waals surface area contributed by atoms with Crippen LogP contribution in [0.2, 0.25) is 5.02 Å². The lowest BCUT2D eigenvalue weighted by molar-refractivity contribution is -0.0916. The molecule has 276 valence electrons. The third kappa shape index (κ3) is 13.9. The van der Waals surface area contributed by atoms with E-state index in [9.17, 15) is 0 Å². The molecule has 1 fully saturated rings. The number of methoxy groups -OCH3 is 4. The van der Waals surface area contributed by atoms with E-state index in [4.69, 9.17) is 49.5 Å². The predicted molar refractivity (Wildman–Crippen MR) is 194 cm³/mol. The van der Waals surface area contributed by atoms with Crippen LogP contribution in [0.25, 0.3) is 0 Å². The van der Waals surface area contributed by atoms with Crippen molar-refractivity contribution < 1.29 is 37.9 Å². The van der Waals surface area contributed by atoms with Crippen LogP contribution in [0.1, 0.15) is 6.42 Å². The quantitative estimate of drug-likeness (QED) is 0.133. The monoisotopic (exact) mass is 725 g/mol. The number of halogens is 1. The van der Waals surface area contributed by atoms with Gasteiger partial charge in [-0.05, 0) is 43.3 Å². The molecule has 0 aromatic heterocycles. The molecule has 2 heterocycles. The lowest BCUT2D eigenvalue weighted by atomic mass is 10.2. The first-order chi connectivity index (χ1) is 24.0. The molecule has 4 rings (SSSR count). The molecule has 1 saturated heterocycles. The van der Waals surface area contributed by atoms with E-state index in [2.05, 4.69) is 51.1 Å². The summed E-state index contributed by atoms with van der Waals surface area (Å²) >= 11 is 8.21. The van der Waals surface area contributed by atoms with Gasteiger partial charge in [-0.1, -0.05) is 35.5 Å². The largest absolute Gasteiger partial charge is 0.382 e. The minimum Gasteiger partial charge on any atom is -0.382 e. The van der Waals surface area contributed by atoms with Crippen LogP contribution in [-0.2, 0) is 37.9 Å². The summed E-state index contributed by atoms with van der Waals surface area (Å²) in [6.07, 6.45) is 0.636. The Morgan fingerprint density at radius 2 is 1.18 bits per heavy atom. The minimum absolute atomic E-state index is 0.107. The summed E-state index contributed by atoms with van der Waals surface area (Å²) in [5, 5.41) is 0.781. The molecule has 0 saturated carbocycles. The summed E-state index contributed by atoms with van der Waals surface area (Å²) in [5.41, 5.74) is 2.48. The van der Waals surface area contributed by atoms with Crippen LogP contribution in [0.4, 0.5) is 11.4 Å². The number of anilines is 2. The molecule has 0 aliphatic carbocycles. The van der Waals surface area contributed by atoms with Crippen molar-refractivity contribution in [1.29, 1.82) is 0 Å². The third-order valence-electron chi connectivity index (χ3n) is 8.70. The van der Waals surface area contributed by atoms with Crippen LogP contribution in [0.5, 0.6) is 0 Å². The first-order valence-corrected chi connectivity index (χ1v) is 18.4. The fraction of sp³-hybridized carbons (Fsp3) is 0.667. The van der Waals surface area contributed by atoms with Gasteiger partial charge in [-0.3, -0.25) is 4.90 Å². The van der Waals surface area contributed by atoms with Crippen molar-refractivity contribution in [2.24, 2.45) is 0 Å². The van der Waals surface area contributed by atoms with Crippen molar-refractivity contribution in [3.05, 3.63) is 47.5 Å². The molecule has 49 heavy (non-hydrogen) atoms. The molecule has 0 bridgehead atoms. The van der Waals surface area contributed by atoms with Crippen molar-refractivity contribution in [3.8, 4) is 0 Å². The highest BCUT2D eigenvalue weighted by atomic mass is 35.5. The van der Waals surface area contributed by atoms with Gasteiger partial charge < -0.3 is 47.7 Å². The highest BCUT2D eigenvalue weighted by Gasteiger charge is 2.24. The molecular weight excluding hydrogens is 670 g/mol. The highest BCUT2D eigenvalue weighted by Crippen LogP contribution is 2.48. The van der Waals surface area contributed by atoms with Crippen molar-refractivity contribution in [2.75, 3.05) is 139 Å². The molecular formula is C36H56ClN3O8S. The number of fused-ring (bicyclic) bond motifs is 2. The lowest BCUT2D eigenvalue weighted by Gasteiger charge is -2.36. The highest BCUT2D eigenvalue weighted by molar-refractivity contribution is 7.99. The van der Waals surface area contributed by atoms with Crippen LogP contribution < -0.4 is 4.90 Å². The van der Waals surface area contributed by atoms with Gasteiger partial charge in [0.1, 0.15) is 18.3 Å². The molecule has 3 atom stereocenters. The summed E-state index contributed by atoms with van der Waals surface area (Å²) in [6.45, 7) is 11.6. The van der Waals surface area contributed by atoms with Crippen molar-refractivity contribution in [3.63, 3.8) is 0 Å². The van der Waals surface area contributed by atoms with Gasteiger partial charge in [0.15, 0.2) is 0 Å². The molecule has 0 N–H and O–H groups in total. The van der Waals surface area contributed by atoms with Crippen LogP contribution in [0, 0.1) is 0 Å². The Morgan fingerprint density at radius 1 is 0.612 bits per heavy atom. The zero-order chi connectivity index (χ0) is 34.7. The number of ether oxygens (including phenoxy) is 8. The molecule has 0 radical (unpaired) electrons. The van der Waals surface area contributed by atoms with Crippen LogP contribution >= 0.6 is 23.4 Å². The van der Waals surface area contributed by atoms with Crippen LogP contribution in [0.15, 0.2) is 52.3 Å². The maximum absolute atomic E-state index is 6.39. The Kier molecular flexibility index (Phi) is 19.0. The minimum atomic E-state index is -0.184. The third-order valence-corrected chi connectivity index (χ3v) is 10.1. The second-order valence-corrected chi connectivity index (χ2v) is 13.7. The molecule has 2 aromatic carbocycles. The fourth-order valence-electron chi connectivity index (χ4n) is 5.76. The molecule has 2 aromatic rings. The smallest absolute Gasteiger partial charge is 0.104 e. The van der Waals surface area contributed by atoms with Crippen molar-refractivity contribution >= 4 is 34.7 Å². The molecule has 3 unspecified atom stereocenters. The maximum atomic E-state index is 6.39. The predicted octanol–water partition coefficient (Wildman–Crippen LogP) is 4.71. The van der Waals surface area contributed by atoms with E-state index < -0.39 is 0 Å². The molecule has 2 aliphatic heterocycles. The number of hydrogen-bond acceptors (Lipinski definition) is 12. The Balaban J connectivity index is 1.01. The van der Waals surface area contributed by atoms with Crippen LogP contribution in [0.3, 0.4) is 0 Å². The van der Waals surface area contributed by atoms with E-state index >= 15 is 0 Å². The molecule has 13 heteroatoms. The van der Waals surface area contributed by atoms with E-state index in [1.54, 1.807) is 28.4 Å². The number of para-hydroxylation sites is 1.